The molecule has 0 bridgehead atoms. The van der Waals surface area contributed by atoms with E-state index in [2.05, 4.69) is 17.4 Å². The molecule has 1 aliphatic rings. The fourth-order valence-corrected chi connectivity index (χ4v) is 4.20. The predicted octanol–water partition coefficient (Wildman–Crippen LogP) is 2.91. The Bertz CT molecular complexity index is 780. The van der Waals surface area contributed by atoms with Gasteiger partial charge in [-0.15, -0.1) is 11.8 Å². The number of piperidine rings is 1. The van der Waals surface area contributed by atoms with Crippen LogP contribution in [0.2, 0.25) is 0 Å². The number of nitrogens with two attached hydrogens (primary N) is 1. The van der Waals surface area contributed by atoms with Crippen LogP contribution in [-0.2, 0) is 10.5 Å². The first kappa shape index (κ1) is 20.4. The van der Waals surface area contributed by atoms with E-state index in [1.807, 2.05) is 42.5 Å². The van der Waals surface area contributed by atoms with Gasteiger partial charge in [0.05, 0.1) is 5.92 Å². The van der Waals surface area contributed by atoms with E-state index in [0.717, 1.165) is 18.6 Å². The van der Waals surface area contributed by atoms with Crippen LogP contribution in [0, 0.1) is 5.92 Å². The van der Waals surface area contributed by atoms with E-state index in [4.69, 9.17) is 5.73 Å². The first-order valence-electron chi connectivity index (χ1n) is 9.71. The minimum Gasteiger partial charge on any atom is -0.355 e. The number of nitrogens with zero attached hydrogens (tertiary/aromatic N) is 1. The van der Waals surface area contributed by atoms with Crippen molar-refractivity contribution < 1.29 is 9.59 Å². The van der Waals surface area contributed by atoms with Crippen LogP contribution in [0.3, 0.4) is 0 Å². The third kappa shape index (κ3) is 5.59. The molecule has 3 N–H and O–H groups in total. The Morgan fingerprint density at radius 2 is 1.86 bits per heavy atom. The maximum absolute atomic E-state index is 12.8. The highest BCUT2D eigenvalue weighted by molar-refractivity contribution is 7.98. The molecule has 0 saturated carbocycles. The molecular formula is C22H27N3O2S. The lowest BCUT2D eigenvalue weighted by atomic mass is 9.96. The highest BCUT2D eigenvalue weighted by Gasteiger charge is 2.28. The summed E-state index contributed by atoms with van der Waals surface area (Å²) in [6.45, 7) is 2.08. The zero-order valence-electron chi connectivity index (χ0n) is 16.0. The normalized spacial score (nSPS) is 16.6. The topological polar surface area (TPSA) is 75.4 Å². The molecule has 6 heteroatoms. The fraction of sp³-hybridized carbons (Fsp3) is 0.364. The van der Waals surface area contributed by atoms with Gasteiger partial charge in [0.15, 0.2) is 0 Å². The van der Waals surface area contributed by atoms with Crippen LogP contribution < -0.4 is 11.1 Å². The molecule has 5 nitrogen and oxygen atoms in total. The van der Waals surface area contributed by atoms with Crippen molar-refractivity contribution in [1.82, 2.24) is 10.2 Å². The van der Waals surface area contributed by atoms with E-state index in [0.29, 0.717) is 31.7 Å². The highest BCUT2D eigenvalue weighted by Crippen LogP contribution is 2.23. The van der Waals surface area contributed by atoms with Crippen molar-refractivity contribution in [3.8, 4) is 0 Å². The Labute approximate surface area is 170 Å². The first-order valence-corrected chi connectivity index (χ1v) is 10.7. The second-order valence-electron chi connectivity index (χ2n) is 6.97. The van der Waals surface area contributed by atoms with Crippen molar-refractivity contribution in [1.29, 1.82) is 0 Å². The Hall–Kier alpha value is -2.31. The molecule has 1 atom stereocenters. The summed E-state index contributed by atoms with van der Waals surface area (Å²) in [5.41, 5.74) is 7.30. The number of carbonyl (C=O) groups excluding carboxylic acids is 2. The van der Waals surface area contributed by atoms with Crippen molar-refractivity contribution in [2.24, 2.45) is 11.7 Å². The van der Waals surface area contributed by atoms with E-state index in [-0.39, 0.29) is 17.7 Å². The predicted molar refractivity (Wildman–Crippen MR) is 113 cm³/mol. The number of benzene rings is 2. The van der Waals surface area contributed by atoms with Crippen molar-refractivity contribution in [2.75, 3.05) is 26.2 Å². The molecule has 1 fully saturated rings. The maximum atomic E-state index is 12.8. The first-order chi connectivity index (χ1) is 13.7. The summed E-state index contributed by atoms with van der Waals surface area (Å²) in [6, 6.07) is 18.1. The van der Waals surface area contributed by atoms with Gasteiger partial charge in [0, 0.05) is 42.4 Å². The minimum atomic E-state index is -0.147. The monoisotopic (exact) mass is 397 g/mol. The molecule has 1 aliphatic heterocycles. The summed E-state index contributed by atoms with van der Waals surface area (Å²) in [7, 11) is 0. The number of carbonyl (C=O) groups is 2. The number of nitrogens with one attached hydrogen (secondary N) is 1. The molecule has 28 heavy (non-hydrogen) atoms. The second kappa shape index (κ2) is 10.3. The van der Waals surface area contributed by atoms with Crippen molar-refractivity contribution in [2.45, 2.75) is 23.5 Å². The standard InChI is InChI=1S/C22H27N3O2S/c23-12-13-24-21(26)19-5-4-14-25(15-19)22(27)18-10-8-17(9-11-18)16-28-20-6-2-1-3-7-20/h1-3,6-11,19H,4-5,12-16,23H2,(H,24,26). The molecule has 1 unspecified atom stereocenters. The molecule has 0 aliphatic carbocycles. The fourth-order valence-electron chi connectivity index (χ4n) is 3.32. The van der Waals surface area contributed by atoms with E-state index in [9.17, 15) is 9.59 Å². The second-order valence-corrected chi connectivity index (χ2v) is 8.02. The summed E-state index contributed by atoms with van der Waals surface area (Å²) in [6.07, 6.45) is 1.66. The van der Waals surface area contributed by atoms with Gasteiger partial charge >= 0.3 is 0 Å². The Morgan fingerprint density at radius 1 is 1.11 bits per heavy atom. The summed E-state index contributed by atoms with van der Waals surface area (Å²) < 4.78 is 0. The van der Waals surface area contributed by atoms with Gasteiger partial charge in [0.1, 0.15) is 0 Å². The zero-order valence-corrected chi connectivity index (χ0v) is 16.8. The van der Waals surface area contributed by atoms with Crippen molar-refractivity contribution in [3.05, 3.63) is 65.7 Å². The Balaban J connectivity index is 1.55. The molecule has 0 aromatic heterocycles. The van der Waals surface area contributed by atoms with Crippen LogP contribution in [-0.4, -0.2) is 42.9 Å². The third-order valence-electron chi connectivity index (χ3n) is 4.87. The molecule has 2 aromatic rings. The Kier molecular flexibility index (Phi) is 7.51. The van der Waals surface area contributed by atoms with Gasteiger partial charge in [0.2, 0.25) is 5.91 Å². The number of hydrogen-bond donors (Lipinski definition) is 2. The number of hydrogen-bond acceptors (Lipinski definition) is 4. The summed E-state index contributed by atoms with van der Waals surface area (Å²) >= 11 is 1.78. The van der Waals surface area contributed by atoms with Gasteiger partial charge in [0.25, 0.3) is 5.91 Å². The van der Waals surface area contributed by atoms with Crippen LogP contribution in [0.1, 0.15) is 28.8 Å². The zero-order chi connectivity index (χ0) is 19.8. The number of amides is 2. The lowest BCUT2D eigenvalue weighted by molar-refractivity contribution is -0.126. The molecule has 2 aromatic carbocycles. The van der Waals surface area contributed by atoms with Crippen LogP contribution in [0.15, 0.2) is 59.5 Å². The largest absolute Gasteiger partial charge is 0.355 e. The lowest BCUT2D eigenvalue weighted by Gasteiger charge is -2.32. The van der Waals surface area contributed by atoms with Gasteiger partial charge in [-0.05, 0) is 42.7 Å². The highest BCUT2D eigenvalue weighted by atomic mass is 32.2. The lowest BCUT2D eigenvalue weighted by Crippen LogP contribution is -2.46. The molecule has 1 heterocycles. The van der Waals surface area contributed by atoms with Crippen LogP contribution in [0.25, 0.3) is 0 Å². The van der Waals surface area contributed by atoms with Gasteiger partial charge in [-0.25, -0.2) is 0 Å². The van der Waals surface area contributed by atoms with Crippen LogP contribution in [0.4, 0.5) is 0 Å². The molecule has 3 rings (SSSR count). The number of likely N-dealkylation sites (tertiary alicyclic amines) is 1. The van der Waals surface area contributed by atoms with Gasteiger partial charge in [-0.3, -0.25) is 9.59 Å². The van der Waals surface area contributed by atoms with E-state index < -0.39 is 0 Å². The molecule has 0 radical (unpaired) electrons. The van der Waals surface area contributed by atoms with Crippen LogP contribution in [0.5, 0.6) is 0 Å². The molecule has 1 saturated heterocycles. The SMILES string of the molecule is NCCNC(=O)C1CCCN(C(=O)c2ccc(CSc3ccccc3)cc2)C1. The minimum absolute atomic E-state index is 0.00131. The number of rotatable bonds is 7. The van der Waals surface area contributed by atoms with Gasteiger partial charge in [-0.1, -0.05) is 30.3 Å². The quantitative estimate of drug-likeness (QED) is 0.705. The van der Waals surface area contributed by atoms with Gasteiger partial charge in [-0.2, -0.15) is 0 Å². The van der Waals surface area contributed by atoms with E-state index >= 15 is 0 Å². The summed E-state index contributed by atoms with van der Waals surface area (Å²) in [5, 5.41) is 2.83. The third-order valence-corrected chi connectivity index (χ3v) is 5.96. The summed E-state index contributed by atoms with van der Waals surface area (Å²) in [4.78, 5) is 28.1. The smallest absolute Gasteiger partial charge is 0.253 e. The molecule has 0 spiro atoms. The molecule has 2 amide bonds. The van der Waals surface area contributed by atoms with Crippen molar-refractivity contribution >= 4 is 23.6 Å². The van der Waals surface area contributed by atoms with Crippen LogP contribution >= 0.6 is 11.8 Å². The average molecular weight is 398 g/mol. The maximum Gasteiger partial charge on any atom is 0.253 e. The van der Waals surface area contributed by atoms with E-state index in [1.165, 1.54) is 10.5 Å². The average Bonchev–Trinajstić information content (AvgIpc) is 2.76. The Morgan fingerprint density at radius 3 is 2.57 bits per heavy atom. The number of thioether (sulfide) groups is 1. The molecule has 148 valence electrons. The summed E-state index contributed by atoms with van der Waals surface area (Å²) in [5.74, 6) is 0.714. The van der Waals surface area contributed by atoms with Gasteiger partial charge < -0.3 is 16.0 Å². The van der Waals surface area contributed by atoms with Crippen molar-refractivity contribution in [3.63, 3.8) is 0 Å². The van der Waals surface area contributed by atoms with E-state index in [1.54, 1.807) is 16.7 Å². The molecular weight excluding hydrogens is 370 g/mol.